The van der Waals surface area contributed by atoms with Crippen LogP contribution in [0.3, 0.4) is 0 Å². The molecule has 1 aliphatic rings. The van der Waals surface area contributed by atoms with Crippen molar-refractivity contribution in [2.24, 2.45) is 0 Å². The molecule has 1 heterocycles. The molecule has 2 unspecified atom stereocenters. The van der Waals surface area contributed by atoms with Gasteiger partial charge >= 0.3 is 0 Å². The molecule has 0 saturated carbocycles. The van der Waals surface area contributed by atoms with Gasteiger partial charge in [0.1, 0.15) is 17.9 Å². The molecule has 0 aliphatic carbocycles. The average Bonchev–Trinajstić information content (AvgIpc) is 2.74. The van der Waals surface area contributed by atoms with Crippen molar-refractivity contribution in [1.29, 1.82) is 5.26 Å². The van der Waals surface area contributed by atoms with Gasteiger partial charge in [-0.2, -0.15) is 5.26 Å². The number of benzene rings is 1. The molecule has 0 aromatic heterocycles. The van der Waals surface area contributed by atoms with Crippen molar-refractivity contribution >= 4 is 17.5 Å². The number of halogens is 1. The molecule has 1 fully saturated rings. The number of carbonyl (C=O) groups excluding carboxylic acids is 2. The van der Waals surface area contributed by atoms with Gasteiger partial charge in [-0.15, -0.1) is 0 Å². The largest absolute Gasteiger partial charge is 0.373 e. The maximum atomic E-state index is 13.3. The summed E-state index contributed by atoms with van der Waals surface area (Å²) >= 11 is 0. The highest BCUT2D eigenvalue weighted by atomic mass is 19.1. The zero-order valence-corrected chi connectivity index (χ0v) is 11.9. The first-order valence-corrected chi connectivity index (χ1v) is 6.80. The highest BCUT2D eigenvalue weighted by Gasteiger charge is 2.40. The van der Waals surface area contributed by atoms with Crippen molar-refractivity contribution in [2.45, 2.75) is 38.8 Å². The maximum absolute atomic E-state index is 13.3. The molecule has 1 aromatic rings. The second kappa shape index (κ2) is 5.92. The summed E-state index contributed by atoms with van der Waals surface area (Å²) in [7, 11) is 0. The summed E-state index contributed by atoms with van der Waals surface area (Å²) in [6.45, 7) is 3.73. The number of amides is 2. The molecule has 0 spiro atoms. The number of anilines is 1. The van der Waals surface area contributed by atoms with E-state index in [1.165, 1.54) is 17.0 Å². The number of carbonyl (C=O) groups is 2. The van der Waals surface area contributed by atoms with E-state index in [0.717, 1.165) is 6.07 Å². The third-order valence-electron chi connectivity index (χ3n) is 3.64. The van der Waals surface area contributed by atoms with Crippen LogP contribution in [0.5, 0.6) is 0 Å². The Labute approximate surface area is 122 Å². The van der Waals surface area contributed by atoms with E-state index < -0.39 is 11.9 Å². The fourth-order valence-electron chi connectivity index (χ4n) is 2.31. The molecule has 5 nitrogen and oxygen atoms in total. The lowest BCUT2D eigenvalue weighted by atomic mass is 10.1. The highest BCUT2D eigenvalue weighted by molar-refractivity contribution is 6.07. The van der Waals surface area contributed by atoms with E-state index in [1.807, 2.05) is 13.8 Å². The Balaban J connectivity index is 2.16. The Morgan fingerprint density at radius 3 is 2.86 bits per heavy atom. The van der Waals surface area contributed by atoms with Crippen LogP contribution in [0, 0.1) is 17.1 Å². The summed E-state index contributed by atoms with van der Waals surface area (Å²) in [6, 6.07) is 4.87. The molecule has 2 atom stereocenters. The maximum Gasteiger partial charge on any atom is 0.252 e. The Hall–Kier alpha value is -2.42. The Bertz CT molecular complexity index is 624. The van der Waals surface area contributed by atoms with E-state index in [4.69, 9.17) is 5.26 Å². The van der Waals surface area contributed by atoms with Gasteiger partial charge in [-0.1, -0.05) is 6.92 Å². The molecule has 1 aromatic carbocycles. The van der Waals surface area contributed by atoms with Gasteiger partial charge in [0.25, 0.3) is 5.91 Å². The Morgan fingerprint density at radius 1 is 1.52 bits per heavy atom. The third-order valence-corrected chi connectivity index (χ3v) is 3.64. The number of nitrogens with one attached hydrogen (secondary N) is 1. The van der Waals surface area contributed by atoms with Gasteiger partial charge in [-0.3, -0.25) is 14.5 Å². The number of hydrogen-bond donors (Lipinski definition) is 1. The number of likely N-dealkylation sites (tertiary alicyclic amines) is 1. The molecule has 1 aliphatic heterocycles. The summed E-state index contributed by atoms with van der Waals surface area (Å²) in [5.74, 6) is -1.11. The summed E-state index contributed by atoms with van der Waals surface area (Å²) in [6.07, 6.45) is 0.766. The lowest BCUT2D eigenvalue weighted by molar-refractivity contribution is -0.140. The van der Waals surface area contributed by atoms with Crippen LogP contribution in [-0.2, 0) is 9.59 Å². The minimum atomic E-state index is -0.663. The SMILES string of the molecule is CCC(C)N1C(=O)CC(Nc2ccc(F)c(C#N)c2)C1=O. The van der Waals surface area contributed by atoms with E-state index >= 15 is 0 Å². The predicted molar refractivity (Wildman–Crippen MR) is 74.7 cm³/mol. The second-order valence-corrected chi connectivity index (χ2v) is 5.07. The summed E-state index contributed by atoms with van der Waals surface area (Å²) in [5.41, 5.74) is 0.348. The van der Waals surface area contributed by atoms with Gasteiger partial charge < -0.3 is 5.32 Å². The number of nitriles is 1. The predicted octanol–water partition coefficient (Wildman–Crippen LogP) is 2.04. The molecular weight excluding hydrogens is 273 g/mol. The zero-order valence-electron chi connectivity index (χ0n) is 11.9. The molecule has 2 rings (SSSR count). The summed E-state index contributed by atoms with van der Waals surface area (Å²) < 4.78 is 13.3. The lowest BCUT2D eigenvalue weighted by Gasteiger charge is -2.21. The van der Waals surface area contributed by atoms with Gasteiger partial charge in [0.2, 0.25) is 5.91 Å². The van der Waals surface area contributed by atoms with Crippen molar-refractivity contribution in [3.8, 4) is 6.07 Å². The minimum Gasteiger partial charge on any atom is -0.373 e. The van der Waals surface area contributed by atoms with Crippen molar-refractivity contribution < 1.29 is 14.0 Å². The van der Waals surface area contributed by atoms with E-state index in [2.05, 4.69) is 5.32 Å². The minimum absolute atomic E-state index is 0.0719. The topological polar surface area (TPSA) is 73.2 Å². The third kappa shape index (κ3) is 2.87. The molecule has 2 amide bonds. The van der Waals surface area contributed by atoms with Crippen LogP contribution in [0.15, 0.2) is 18.2 Å². The van der Waals surface area contributed by atoms with Crippen LogP contribution < -0.4 is 5.32 Å². The molecule has 110 valence electrons. The fourth-order valence-corrected chi connectivity index (χ4v) is 2.31. The molecule has 0 bridgehead atoms. The smallest absolute Gasteiger partial charge is 0.252 e. The molecule has 0 radical (unpaired) electrons. The molecule has 1 N–H and O–H groups in total. The highest BCUT2D eigenvalue weighted by Crippen LogP contribution is 2.22. The van der Waals surface area contributed by atoms with Crippen LogP contribution in [0.25, 0.3) is 0 Å². The van der Waals surface area contributed by atoms with Crippen LogP contribution in [-0.4, -0.2) is 28.8 Å². The van der Waals surface area contributed by atoms with Gasteiger partial charge in [-0.25, -0.2) is 4.39 Å². The number of rotatable bonds is 4. The van der Waals surface area contributed by atoms with E-state index in [9.17, 15) is 14.0 Å². The summed E-state index contributed by atoms with van der Waals surface area (Å²) in [4.78, 5) is 25.4. The lowest BCUT2D eigenvalue weighted by Crippen LogP contribution is -2.40. The average molecular weight is 289 g/mol. The summed E-state index contributed by atoms with van der Waals surface area (Å²) in [5, 5.41) is 11.7. The first kappa shape index (κ1) is 15.0. The second-order valence-electron chi connectivity index (χ2n) is 5.07. The standard InChI is InChI=1S/C15H16FN3O2/c1-3-9(2)19-14(20)7-13(15(19)21)18-11-4-5-12(16)10(6-11)8-17/h4-6,9,13,18H,3,7H2,1-2H3. The number of hydrogen-bond acceptors (Lipinski definition) is 4. The van der Waals surface area contributed by atoms with Crippen LogP contribution in [0.4, 0.5) is 10.1 Å². The zero-order chi connectivity index (χ0) is 15.6. The molecule has 6 heteroatoms. The monoisotopic (exact) mass is 289 g/mol. The van der Waals surface area contributed by atoms with Crippen molar-refractivity contribution in [1.82, 2.24) is 4.90 Å². The van der Waals surface area contributed by atoms with E-state index in [1.54, 1.807) is 6.07 Å². The first-order valence-electron chi connectivity index (χ1n) is 6.80. The van der Waals surface area contributed by atoms with Crippen LogP contribution in [0.2, 0.25) is 0 Å². The molecule has 1 saturated heterocycles. The first-order chi connectivity index (χ1) is 9.97. The van der Waals surface area contributed by atoms with E-state index in [0.29, 0.717) is 12.1 Å². The number of nitrogens with zero attached hydrogens (tertiary/aromatic N) is 2. The Kier molecular flexibility index (Phi) is 4.22. The molecule has 21 heavy (non-hydrogen) atoms. The van der Waals surface area contributed by atoms with E-state index in [-0.39, 0.29) is 29.8 Å². The van der Waals surface area contributed by atoms with Crippen molar-refractivity contribution in [2.75, 3.05) is 5.32 Å². The van der Waals surface area contributed by atoms with Gasteiger partial charge in [0.15, 0.2) is 0 Å². The van der Waals surface area contributed by atoms with Crippen molar-refractivity contribution in [3.63, 3.8) is 0 Å². The Morgan fingerprint density at radius 2 is 2.24 bits per heavy atom. The van der Waals surface area contributed by atoms with Gasteiger partial charge in [0.05, 0.1) is 12.0 Å². The van der Waals surface area contributed by atoms with Crippen LogP contribution in [0.1, 0.15) is 32.3 Å². The van der Waals surface area contributed by atoms with Gasteiger partial charge in [-0.05, 0) is 31.5 Å². The number of imide groups is 1. The molecular formula is C15H16FN3O2. The fraction of sp³-hybridized carbons (Fsp3) is 0.400. The van der Waals surface area contributed by atoms with Crippen molar-refractivity contribution in [3.05, 3.63) is 29.6 Å². The van der Waals surface area contributed by atoms with Gasteiger partial charge in [0, 0.05) is 11.7 Å². The van der Waals surface area contributed by atoms with Crippen LogP contribution >= 0.6 is 0 Å². The quantitative estimate of drug-likeness (QED) is 0.861. The normalized spacial score (nSPS) is 19.5.